The second-order valence-electron chi connectivity index (χ2n) is 20.5. The maximum absolute atomic E-state index is 12.9. The number of rotatable bonds is 56. The summed E-state index contributed by atoms with van der Waals surface area (Å²) in [5.41, 5.74) is 0. The summed E-state index contributed by atoms with van der Waals surface area (Å²) < 4.78 is 16.9. The molecular weight excluding hydrogens is 949 g/mol. The molecule has 0 amide bonds. The van der Waals surface area contributed by atoms with Crippen LogP contribution in [-0.2, 0) is 28.6 Å². The summed E-state index contributed by atoms with van der Waals surface area (Å²) in [6.07, 6.45) is 90.3. The standard InChI is InChI=1S/C71H116O6/c1-4-7-10-13-16-19-22-25-28-30-32-34-35-37-38-40-43-46-49-52-55-58-61-64-70(73)76-67-68(66-75-69(72)63-60-57-54-51-48-45-42-27-24-21-18-15-12-9-6-3)77-71(74)65-62-59-56-53-50-47-44-41-39-36-33-31-29-26-23-20-17-14-11-8-5-2/h8-9,11-12,17-18,20-22,25-27,29-30,32-33,36,41-42,44,48,51,68H,4-7,10,13-16,19,23-24,28,31,34-35,37-40,43,45-47,49-50,52-67H2,1-3H3/b11-8-,12-9-,20-17-,21-18-,25-22-,29-26-,32-30-,36-33-,42-27-,44-41-,51-48-. The molecule has 0 bridgehead atoms. The van der Waals surface area contributed by atoms with Gasteiger partial charge in [-0.3, -0.25) is 14.4 Å². The van der Waals surface area contributed by atoms with E-state index in [1.165, 1.54) is 96.3 Å². The van der Waals surface area contributed by atoms with Gasteiger partial charge in [-0.2, -0.15) is 0 Å². The zero-order valence-corrected chi connectivity index (χ0v) is 49.9. The Morgan fingerprint density at radius 2 is 0.506 bits per heavy atom. The van der Waals surface area contributed by atoms with Crippen molar-refractivity contribution in [3.63, 3.8) is 0 Å². The van der Waals surface area contributed by atoms with Crippen LogP contribution in [0.15, 0.2) is 134 Å². The highest BCUT2D eigenvalue weighted by molar-refractivity contribution is 5.71. The van der Waals surface area contributed by atoms with Crippen molar-refractivity contribution in [3.05, 3.63) is 134 Å². The van der Waals surface area contributed by atoms with Gasteiger partial charge in [-0.1, -0.05) is 257 Å². The van der Waals surface area contributed by atoms with Gasteiger partial charge in [0.05, 0.1) is 0 Å². The van der Waals surface area contributed by atoms with Crippen LogP contribution in [0.3, 0.4) is 0 Å². The van der Waals surface area contributed by atoms with Crippen LogP contribution >= 0.6 is 0 Å². The summed E-state index contributed by atoms with van der Waals surface area (Å²) >= 11 is 0. The molecular formula is C71H116O6. The van der Waals surface area contributed by atoms with Gasteiger partial charge in [-0.15, -0.1) is 0 Å². The molecule has 0 aliphatic heterocycles. The molecule has 77 heavy (non-hydrogen) atoms. The van der Waals surface area contributed by atoms with Gasteiger partial charge in [-0.05, 0) is 135 Å². The molecule has 0 fully saturated rings. The van der Waals surface area contributed by atoms with Crippen LogP contribution in [-0.4, -0.2) is 37.2 Å². The van der Waals surface area contributed by atoms with Gasteiger partial charge >= 0.3 is 17.9 Å². The van der Waals surface area contributed by atoms with E-state index in [9.17, 15) is 14.4 Å². The molecule has 0 aromatic rings. The SMILES string of the molecule is CC/C=C\C/C=C\C/C=C\C/C=C\C/C=C\CCCCCCCC(=O)OC(COC(=O)CCCC/C=C\C/C=C\C/C=C\C/C=C\CC)COC(=O)CCCCCCCCCCCCC/C=C\C/C=C\CCCCCCC. The lowest BCUT2D eigenvalue weighted by Gasteiger charge is -2.18. The van der Waals surface area contributed by atoms with E-state index in [1.54, 1.807) is 0 Å². The Labute approximate surface area is 475 Å². The Hall–Kier alpha value is -4.45. The van der Waals surface area contributed by atoms with Crippen molar-refractivity contribution in [2.75, 3.05) is 13.2 Å². The molecule has 0 saturated carbocycles. The van der Waals surface area contributed by atoms with Crippen molar-refractivity contribution >= 4 is 17.9 Å². The van der Waals surface area contributed by atoms with Gasteiger partial charge in [0, 0.05) is 19.3 Å². The molecule has 0 rings (SSSR count). The molecule has 0 radical (unpaired) electrons. The van der Waals surface area contributed by atoms with E-state index < -0.39 is 6.10 Å². The van der Waals surface area contributed by atoms with Crippen LogP contribution in [0.5, 0.6) is 0 Å². The fourth-order valence-electron chi connectivity index (χ4n) is 8.43. The largest absolute Gasteiger partial charge is 0.462 e. The second kappa shape index (κ2) is 64.1. The van der Waals surface area contributed by atoms with E-state index in [2.05, 4.69) is 154 Å². The molecule has 0 aliphatic carbocycles. The topological polar surface area (TPSA) is 78.9 Å². The lowest BCUT2D eigenvalue weighted by atomic mass is 10.0. The summed E-state index contributed by atoms with van der Waals surface area (Å²) in [7, 11) is 0. The number of carbonyl (C=O) groups excluding carboxylic acids is 3. The third-order valence-corrected chi connectivity index (χ3v) is 13.1. The minimum absolute atomic E-state index is 0.104. The van der Waals surface area contributed by atoms with Crippen LogP contribution < -0.4 is 0 Å². The quantitative estimate of drug-likeness (QED) is 0.0261. The summed E-state index contributed by atoms with van der Waals surface area (Å²) in [6.45, 7) is 6.36. The first-order chi connectivity index (χ1) is 38.0. The Bertz CT molecular complexity index is 1650. The fraction of sp³-hybridized carbons (Fsp3) is 0.648. The highest BCUT2D eigenvalue weighted by Gasteiger charge is 2.19. The van der Waals surface area contributed by atoms with Crippen LogP contribution in [0.1, 0.15) is 278 Å². The minimum atomic E-state index is -0.813. The normalized spacial score (nSPS) is 13.0. The molecule has 6 nitrogen and oxygen atoms in total. The van der Waals surface area contributed by atoms with Crippen molar-refractivity contribution < 1.29 is 28.6 Å². The Balaban J connectivity index is 4.45. The molecule has 0 heterocycles. The van der Waals surface area contributed by atoms with Gasteiger partial charge in [0.2, 0.25) is 0 Å². The monoisotopic (exact) mass is 1060 g/mol. The Kier molecular flexibility index (Phi) is 60.4. The molecule has 0 aromatic carbocycles. The molecule has 0 saturated heterocycles. The van der Waals surface area contributed by atoms with Crippen LogP contribution in [0, 0.1) is 0 Å². The lowest BCUT2D eigenvalue weighted by Crippen LogP contribution is -2.30. The number of unbranched alkanes of at least 4 members (excludes halogenated alkanes) is 23. The zero-order chi connectivity index (χ0) is 55.7. The summed E-state index contributed by atoms with van der Waals surface area (Å²) in [5, 5.41) is 0. The predicted molar refractivity (Wildman–Crippen MR) is 334 cm³/mol. The maximum Gasteiger partial charge on any atom is 0.306 e. The smallest absolute Gasteiger partial charge is 0.306 e. The molecule has 0 spiro atoms. The van der Waals surface area contributed by atoms with Gasteiger partial charge in [0.25, 0.3) is 0 Å². The van der Waals surface area contributed by atoms with Crippen molar-refractivity contribution in [2.45, 2.75) is 284 Å². The van der Waals surface area contributed by atoms with Crippen molar-refractivity contribution in [1.82, 2.24) is 0 Å². The summed E-state index contributed by atoms with van der Waals surface area (Å²) in [6, 6.07) is 0. The second-order valence-corrected chi connectivity index (χ2v) is 20.5. The number of hydrogen-bond acceptors (Lipinski definition) is 6. The average Bonchev–Trinajstić information content (AvgIpc) is 3.43. The van der Waals surface area contributed by atoms with Crippen molar-refractivity contribution in [2.24, 2.45) is 0 Å². The first-order valence-corrected chi connectivity index (χ1v) is 31.7. The summed E-state index contributed by atoms with van der Waals surface area (Å²) in [5.74, 6) is -0.967. The number of ether oxygens (including phenoxy) is 3. The minimum Gasteiger partial charge on any atom is -0.462 e. The Morgan fingerprint density at radius 1 is 0.273 bits per heavy atom. The highest BCUT2D eigenvalue weighted by Crippen LogP contribution is 2.15. The maximum atomic E-state index is 12.9. The average molecular weight is 1070 g/mol. The van der Waals surface area contributed by atoms with E-state index in [1.807, 2.05) is 0 Å². The van der Waals surface area contributed by atoms with Crippen molar-refractivity contribution in [1.29, 1.82) is 0 Å². The number of carbonyl (C=O) groups is 3. The number of hydrogen-bond donors (Lipinski definition) is 0. The molecule has 0 aliphatic rings. The predicted octanol–water partition coefficient (Wildman–Crippen LogP) is 21.8. The lowest BCUT2D eigenvalue weighted by molar-refractivity contribution is -0.167. The highest BCUT2D eigenvalue weighted by atomic mass is 16.6. The summed E-state index contributed by atoms with van der Waals surface area (Å²) in [4.78, 5) is 38.3. The van der Waals surface area contributed by atoms with E-state index in [0.717, 1.165) is 135 Å². The van der Waals surface area contributed by atoms with Crippen LogP contribution in [0.2, 0.25) is 0 Å². The molecule has 0 aromatic heterocycles. The van der Waals surface area contributed by atoms with E-state index >= 15 is 0 Å². The molecule has 1 atom stereocenters. The number of esters is 3. The fourth-order valence-corrected chi connectivity index (χ4v) is 8.43. The molecule has 1 unspecified atom stereocenters. The van der Waals surface area contributed by atoms with E-state index in [-0.39, 0.29) is 31.1 Å². The molecule has 0 N–H and O–H groups in total. The third kappa shape index (κ3) is 62.3. The van der Waals surface area contributed by atoms with Gasteiger partial charge in [-0.25, -0.2) is 0 Å². The van der Waals surface area contributed by atoms with Gasteiger partial charge in [0.15, 0.2) is 6.10 Å². The van der Waals surface area contributed by atoms with Crippen LogP contribution in [0.4, 0.5) is 0 Å². The van der Waals surface area contributed by atoms with Crippen LogP contribution in [0.25, 0.3) is 0 Å². The van der Waals surface area contributed by atoms with Gasteiger partial charge < -0.3 is 14.2 Å². The van der Waals surface area contributed by atoms with Gasteiger partial charge in [0.1, 0.15) is 13.2 Å². The molecule has 436 valence electrons. The van der Waals surface area contributed by atoms with Crippen molar-refractivity contribution in [3.8, 4) is 0 Å². The van der Waals surface area contributed by atoms with E-state index in [4.69, 9.17) is 14.2 Å². The van der Waals surface area contributed by atoms with E-state index in [0.29, 0.717) is 25.7 Å². The first kappa shape index (κ1) is 72.5. The Morgan fingerprint density at radius 3 is 0.818 bits per heavy atom. The molecule has 6 heteroatoms. The number of allylic oxidation sites excluding steroid dienone is 22. The third-order valence-electron chi connectivity index (χ3n) is 13.1. The first-order valence-electron chi connectivity index (χ1n) is 31.7. The zero-order valence-electron chi connectivity index (χ0n) is 49.9.